The number of alkyl halides is 3. The summed E-state index contributed by atoms with van der Waals surface area (Å²) in [6, 6.07) is 4.92. The summed E-state index contributed by atoms with van der Waals surface area (Å²) in [5.41, 5.74) is -0.403. The van der Waals surface area contributed by atoms with Crippen molar-refractivity contribution in [3.05, 3.63) is 46.2 Å². The van der Waals surface area contributed by atoms with E-state index < -0.39 is 11.9 Å². The molecule has 120 valence electrons. The molecule has 2 rings (SSSR count). The largest absolute Gasteiger partial charge is 0.497 e. The maximum absolute atomic E-state index is 12.9. The van der Waals surface area contributed by atoms with Crippen LogP contribution in [0.5, 0.6) is 5.75 Å². The first-order valence-electron chi connectivity index (χ1n) is 6.42. The van der Waals surface area contributed by atoms with Gasteiger partial charge in [-0.1, -0.05) is 17.7 Å². The van der Waals surface area contributed by atoms with Crippen molar-refractivity contribution in [2.45, 2.75) is 19.1 Å². The third kappa shape index (κ3) is 3.72. The van der Waals surface area contributed by atoms with E-state index in [-0.39, 0.29) is 25.1 Å². The van der Waals surface area contributed by atoms with E-state index in [1.807, 2.05) is 0 Å². The first-order chi connectivity index (χ1) is 10.3. The maximum atomic E-state index is 12.9. The maximum Gasteiger partial charge on any atom is 0.435 e. The second-order valence-corrected chi connectivity index (χ2v) is 5.04. The van der Waals surface area contributed by atoms with Crippen molar-refractivity contribution in [3.8, 4) is 5.75 Å². The number of nitrogens with zero attached hydrogens (tertiary/aromatic N) is 2. The van der Waals surface area contributed by atoms with Crippen LogP contribution >= 0.6 is 11.6 Å². The highest BCUT2D eigenvalue weighted by molar-refractivity contribution is 6.31. The number of rotatable bonds is 5. The van der Waals surface area contributed by atoms with E-state index in [0.717, 1.165) is 0 Å². The molecule has 0 saturated heterocycles. The fraction of sp³-hybridized carbons (Fsp3) is 0.357. The van der Waals surface area contributed by atoms with E-state index >= 15 is 0 Å². The van der Waals surface area contributed by atoms with Gasteiger partial charge in [0.1, 0.15) is 5.75 Å². The van der Waals surface area contributed by atoms with E-state index in [0.29, 0.717) is 16.3 Å². The monoisotopic (exact) mass is 334 g/mol. The summed E-state index contributed by atoms with van der Waals surface area (Å²) in [7, 11) is 1.50. The number of methoxy groups -OCH3 is 1. The molecule has 0 bridgehead atoms. The second kappa shape index (κ2) is 6.58. The summed E-state index contributed by atoms with van der Waals surface area (Å²) in [5.74, 6) is 0.561. The Hall–Kier alpha value is -1.73. The van der Waals surface area contributed by atoms with Crippen molar-refractivity contribution in [3.63, 3.8) is 0 Å². The summed E-state index contributed by atoms with van der Waals surface area (Å²) in [6.07, 6.45) is -3.38. The molecule has 2 aromatic rings. The molecule has 1 aromatic carbocycles. The summed E-state index contributed by atoms with van der Waals surface area (Å²) in [6.45, 7) is -0.282. The number of aliphatic hydroxyl groups is 1. The lowest BCUT2D eigenvalue weighted by molar-refractivity contribution is -0.142. The van der Waals surface area contributed by atoms with Gasteiger partial charge in [-0.25, -0.2) is 0 Å². The van der Waals surface area contributed by atoms with Crippen LogP contribution in [0.2, 0.25) is 5.02 Å². The fourth-order valence-electron chi connectivity index (χ4n) is 2.04. The van der Waals surface area contributed by atoms with Gasteiger partial charge in [-0.05, 0) is 24.1 Å². The highest BCUT2D eigenvalue weighted by Crippen LogP contribution is 2.31. The average Bonchev–Trinajstić information content (AvgIpc) is 2.84. The van der Waals surface area contributed by atoms with Crippen LogP contribution in [-0.4, -0.2) is 28.6 Å². The van der Waals surface area contributed by atoms with Crippen LogP contribution in [-0.2, 0) is 19.1 Å². The van der Waals surface area contributed by atoms with Gasteiger partial charge in [0.15, 0.2) is 5.69 Å². The molecule has 1 N–H and O–H groups in total. The Bertz CT molecular complexity index is 656. The molecule has 0 radical (unpaired) electrons. The van der Waals surface area contributed by atoms with Crippen LogP contribution in [0, 0.1) is 0 Å². The minimum absolute atomic E-state index is 0.0420. The zero-order chi connectivity index (χ0) is 16.3. The van der Waals surface area contributed by atoms with Crippen LogP contribution in [0.25, 0.3) is 0 Å². The third-order valence-electron chi connectivity index (χ3n) is 3.08. The highest BCUT2D eigenvalue weighted by Gasteiger charge is 2.36. The Balaban J connectivity index is 2.30. The standard InChI is InChI=1S/C14H14ClF3N2O2/c1-22-11-3-2-9(12(15)6-11)7-20-8-10(4-5-21)13(19-20)14(16,17)18/h2-3,6,8,21H,4-5,7H2,1H3. The molecule has 1 aromatic heterocycles. The fourth-order valence-corrected chi connectivity index (χ4v) is 2.27. The topological polar surface area (TPSA) is 47.3 Å². The number of aromatic nitrogens is 2. The van der Waals surface area contributed by atoms with Crippen LogP contribution in [0.4, 0.5) is 13.2 Å². The van der Waals surface area contributed by atoms with Gasteiger partial charge < -0.3 is 9.84 Å². The predicted molar refractivity (Wildman–Crippen MR) is 75.1 cm³/mol. The molecule has 0 atom stereocenters. The Morgan fingerprint density at radius 3 is 2.59 bits per heavy atom. The third-order valence-corrected chi connectivity index (χ3v) is 3.43. The molecule has 0 fully saturated rings. The van der Waals surface area contributed by atoms with Crippen molar-refractivity contribution in [1.82, 2.24) is 9.78 Å². The molecule has 1 heterocycles. The molecule has 0 amide bonds. The molecule has 0 unspecified atom stereocenters. The minimum atomic E-state index is -4.56. The van der Waals surface area contributed by atoms with Gasteiger partial charge in [-0.2, -0.15) is 18.3 Å². The number of benzene rings is 1. The smallest absolute Gasteiger partial charge is 0.435 e. The molecular formula is C14H14ClF3N2O2. The SMILES string of the molecule is COc1ccc(Cn2cc(CCO)c(C(F)(F)F)n2)c(Cl)c1. The van der Waals surface area contributed by atoms with Gasteiger partial charge in [0.05, 0.1) is 13.7 Å². The first kappa shape index (κ1) is 16.6. The van der Waals surface area contributed by atoms with Gasteiger partial charge in [0, 0.05) is 23.4 Å². The molecule has 0 aliphatic carbocycles. The summed E-state index contributed by atoms with van der Waals surface area (Å²) in [5, 5.41) is 12.8. The Morgan fingerprint density at radius 1 is 1.32 bits per heavy atom. The summed E-state index contributed by atoms with van der Waals surface area (Å²) < 4.78 is 44.9. The van der Waals surface area contributed by atoms with Crippen molar-refractivity contribution >= 4 is 11.6 Å². The quantitative estimate of drug-likeness (QED) is 0.913. The zero-order valence-corrected chi connectivity index (χ0v) is 12.4. The number of hydrogen-bond acceptors (Lipinski definition) is 3. The molecular weight excluding hydrogens is 321 g/mol. The van der Waals surface area contributed by atoms with E-state index in [2.05, 4.69) is 5.10 Å². The zero-order valence-electron chi connectivity index (χ0n) is 11.7. The lowest BCUT2D eigenvalue weighted by atomic mass is 10.2. The van der Waals surface area contributed by atoms with E-state index in [1.54, 1.807) is 18.2 Å². The number of halogens is 4. The van der Waals surface area contributed by atoms with E-state index in [9.17, 15) is 13.2 Å². The number of ether oxygens (including phenoxy) is 1. The Labute approximate surface area is 130 Å². The summed E-state index contributed by atoms with van der Waals surface area (Å²) in [4.78, 5) is 0. The Kier molecular flexibility index (Phi) is 4.97. The van der Waals surface area contributed by atoms with E-state index in [4.69, 9.17) is 21.4 Å². The van der Waals surface area contributed by atoms with Gasteiger partial charge in [-0.15, -0.1) is 0 Å². The van der Waals surface area contributed by atoms with Crippen LogP contribution < -0.4 is 4.74 Å². The number of aliphatic hydroxyl groups excluding tert-OH is 1. The van der Waals surface area contributed by atoms with Crippen molar-refractivity contribution in [2.75, 3.05) is 13.7 Å². The van der Waals surface area contributed by atoms with Crippen molar-refractivity contribution in [2.24, 2.45) is 0 Å². The molecule has 0 spiro atoms. The minimum Gasteiger partial charge on any atom is -0.497 e. The molecule has 0 aliphatic rings. The lowest BCUT2D eigenvalue weighted by Crippen LogP contribution is -2.11. The second-order valence-electron chi connectivity index (χ2n) is 4.63. The lowest BCUT2D eigenvalue weighted by Gasteiger charge is -2.07. The van der Waals surface area contributed by atoms with E-state index in [1.165, 1.54) is 18.0 Å². The predicted octanol–water partition coefficient (Wildman–Crippen LogP) is 3.15. The Morgan fingerprint density at radius 2 is 2.05 bits per heavy atom. The molecule has 4 nitrogen and oxygen atoms in total. The normalized spacial score (nSPS) is 11.7. The van der Waals surface area contributed by atoms with Crippen molar-refractivity contribution in [1.29, 1.82) is 0 Å². The van der Waals surface area contributed by atoms with Gasteiger partial charge >= 0.3 is 6.18 Å². The van der Waals surface area contributed by atoms with Crippen LogP contribution in [0.15, 0.2) is 24.4 Å². The van der Waals surface area contributed by atoms with Crippen LogP contribution in [0.3, 0.4) is 0 Å². The molecule has 0 aliphatic heterocycles. The summed E-state index contributed by atoms with van der Waals surface area (Å²) >= 11 is 6.07. The first-order valence-corrected chi connectivity index (χ1v) is 6.79. The molecule has 0 saturated carbocycles. The highest BCUT2D eigenvalue weighted by atomic mass is 35.5. The van der Waals surface area contributed by atoms with Gasteiger partial charge in [-0.3, -0.25) is 4.68 Å². The van der Waals surface area contributed by atoms with Crippen LogP contribution in [0.1, 0.15) is 16.8 Å². The van der Waals surface area contributed by atoms with Crippen molar-refractivity contribution < 1.29 is 23.0 Å². The van der Waals surface area contributed by atoms with Gasteiger partial charge in [0.25, 0.3) is 0 Å². The average molecular weight is 335 g/mol. The number of hydrogen-bond donors (Lipinski definition) is 1. The molecule has 22 heavy (non-hydrogen) atoms. The van der Waals surface area contributed by atoms with Gasteiger partial charge in [0.2, 0.25) is 0 Å². The molecule has 8 heteroatoms.